The van der Waals surface area contributed by atoms with Crippen molar-refractivity contribution in [2.75, 3.05) is 5.75 Å². The van der Waals surface area contributed by atoms with Crippen molar-refractivity contribution < 1.29 is 9.31 Å². The van der Waals surface area contributed by atoms with E-state index in [9.17, 15) is 0 Å². The first kappa shape index (κ1) is 17.4. The average Bonchev–Trinajstić information content (AvgIpc) is 2.59. The van der Waals surface area contributed by atoms with Crippen LogP contribution in [0, 0.1) is 0 Å². The Labute approximate surface area is 145 Å². The molecule has 6 heteroatoms. The summed E-state index contributed by atoms with van der Waals surface area (Å²) in [6, 6.07) is 5.82. The van der Waals surface area contributed by atoms with Crippen molar-refractivity contribution in [3.8, 4) is 0 Å². The molecule has 114 valence electrons. The fourth-order valence-electron chi connectivity index (χ4n) is 2.00. The van der Waals surface area contributed by atoms with Crippen LogP contribution in [0.25, 0.3) is 6.08 Å². The van der Waals surface area contributed by atoms with Crippen molar-refractivity contribution in [2.45, 2.75) is 38.9 Å². The first-order chi connectivity index (χ1) is 9.66. The van der Waals surface area contributed by atoms with Gasteiger partial charge in [-0.05, 0) is 66.8 Å². The molecule has 0 aliphatic carbocycles. The van der Waals surface area contributed by atoms with Crippen LogP contribution in [0.1, 0.15) is 33.3 Å². The molecule has 0 spiro atoms. The van der Waals surface area contributed by atoms with Gasteiger partial charge in [-0.25, -0.2) is 0 Å². The van der Waals surface area contributed by atoms with E-state index in [0.29, 0.717) is 10.8 Å². The second kappa shape index (κ2) is 6.28. The van der Waals surface area contributed by atoms with Gasteiger partial charge in [0.2, 0.25) is 0 Å². The molecule has 1 aromatic carbocycles. The highest BCUT2D eigenvalue weighted by molar-refractivity contribution is 9.10. The summed E-state index contributed by atoms with van der Waals surface area (Å²) in [5.74, 6) is 0.560. The summed E-state index contributed by atoms with van der Waals surface area (Å²) in [4.78, 5) is 0. The van der Waals surface area contributed by atoms with E-state index in [1.807, 2.05) is 52.0 Å². The Morgan fingerprint density at radius 2 is 1.86 bits per heavy atom. The molecule has 1 heterocycles. The van der Waals surface area contributed by atoms with E-state index in [1.54, 1.807) is 0 Å². The molecule has 2 rings (SSSR count). The summed E-state index contributed by atoms with van der Waals surface area (Å²) >= 11 is 13.9. The fourth-order valence-corrected chi connectivity index (χ4v) is 2.67. The quantitative estimate of drug-likeness (QED) is 0.576. The molecule has 2 nitrogen and oxygen atoms in total. The van der Waals surface area contributed by atoms with Gasteiger partial charge >= 0.3 is 7.12 Å². The van der Waals surface area contributed by atoms with Crippen molar-refractivity contribution in [1.82, 2.24) is 0 Å². The van der Waals surface area contributed by atoms with E-state index in [-0.39, 0.29) is 18.3 Å². The Balaban J connectivity index is 2.28. The zero-order valence-electron chi connectivity index (χ0n) is 12.6. The van der Waals surface area contributed by atoms with Crippen molar-refractivity contribution in [2.24, 2.45) is 0 Å². The van der Waals surface area contributed by atoms with Crippen LogP contribution in [0.3, 0.4) is 0 Å². The number of hydrogen-bond donors (Lipinski definition) is 1. The summed E-state index contributed by atoms with van der Waals surface area (Å²) in [5, 5.41) is 0.677. The van der Waals surface area contributed by atoms with Crippen LogP contribution in [-0.2, 0) is 9.31 Å². The molecule has 1 aromatic rings. The zero-order chi connectivity index (χ0) is 15.8. The standard InChI is InChI=1S/C15H19BBrClO2S/c1-14(2)15(3,4)20-16(19-14)11(9-21)7-10-5-6-12(17)13(18)8-10/h5-8,21H,9H2,1-4H3. The largest absolute Gasteiger partial charge is 0.491 e. The van der Waals surface area contributed by atoms with E-state index in [0.717, 1.165) is 15.5 Å². The van der Waals surface area contributed by atoms with Crippen molar-refractivity contribution in [1.29, 1.82) is 0 Å². The lowest BCUT2D eigenvalue weighted by Crippen LogP contribution is -2.41. The molecule has 1 saturated heterocycles. The highest BCUT2D eigenvalue weighted by Crippen LogP contribution is 2.39. The molecule has 0 unspecified atom stereocenters. The molecule has 0 saturated carbocycles. The van der Waals surface area contributed by atoms with Crippen LogP contribution < -0.4 is 0 Å². The second-order valence-electron chi connectivity index (χ2n) is 6.14. The lowest BCUT2D eigenvalue weighted by Gasteiger charge is -2.32. The number of thiol groups is 1. The Kier molecular flexibility index (Phi) is 5.21. The predicted molar refractivity (Wildman–Crippen MR) is 97.1 cm³/mol. The van der Waals surface area contributed by atoms with E-state index >= 15 is 0 Å². The molecular formula is C15H19BBrClO2S. The molecule has 0 amide bonds. The molecule has 0 aromatic heterocycles. The van der Waals surface area contributed by atoms with E-state index in [1.165, 1.54) is 0 Å². The topological polar surface area (TPSA) is 18.5 Å². The number of hydrogen-bond acceptors (Lipinski definition) is 3. The normalized spacial score (nSPS) is 20.9. The van der Waals surface area contributed by atoms with Crippen LogP contribution in [0.2, 0.25) is 5.02 Å². The summed E-state index contributed by atoms with van der Waals surface area (Å²) in [6.07, 6.45) is 2.02. The third kappa shape index (κ3) is 3.70. The van der Waals surface area contributed by atoms with Crippen LogP contribution in [0.5, 0.6) is 0 Å². The highest BCUT2D eigenvalue weighted by atomic mass is 79.9. The Bertz CT molecular complexity index is 559. The third-order valence-electron chi connectivity index (χ3n) is 4.03. The van der Waals surface area contributed by atoms with Crippen LogP contribution >= 0.6 is 40.2 Å². The number of halogens is 2. The summed E-state index contributed by atoms with van der Waals surface area (Å²) < 4.78 is 13.0. The summed E-state index contributed by atoms with van der Waals surface area (Å²) in [7, 11) is -0.380. The molecule has 1 fully saturated rings. The molecule has 0 radical (unpaired) electrons. The molecule has 21 heavy (non-hydrogen) atoms. The van der Waals surface area contributed by atoms with Gasteiger partial charge in [-0.1, -0.05) is 23.7 Å². The highest BCUT2D eigenvalue weighted by Gasteiger charge is 2.52. The average molecular weight is 390 g/mol. The molecule has 1 aliphatic heterocycles. The molecule has 0 bridgehead atoms. The smallest absolute Gasteiger partial charge is 0.400 e. The van der Waals surface area contributed by atoms with Crippen LogP contribution in [-0.4, -0.2) is 24.1 Å². The van der Waals surface area contributed by atoms with Gasteiger partial charge in [-0.2, -0.15) is 12.6 Å². The van der Waals surface area contributed by atoms with E-state index in [4.69, 9.17) is 20.9 Å². The summed E-state index contributed by atoms with van der Waals surface area (Å²) in [6.45, 7) is 8.17. The minimum atomic E-state index is -0.380. The maximum Gasteiger partial charge on any atom is 0.491 e. The Morgan fingerprint density at radius 3 is 2.33 bits per heavy atom. The van der Waals surface area contributed by atoms with Crippen LogP contribution in [0.15, 0.2) is 28.1 Å². The van der Waals surface area contributed by atoms with Gasteiger partial charge in [0.25, 0.3) is 0 Å². The minimum Gasteiger partial charge on any atom is -0.400 e. The third-order valence-corrected chi connectivity index (χ3v) is 5.63. The van der Waals surface area contributed by atoms with Gasteiger partial charge < -0.3 is 9.31 Å². The van der Waals surface area contributed by atoms with E-state index < -0.39 is 0 Å². The molecule has 1 aliphatic rings. The zero-order valence-corrected chi connectivity index (χ0v) is 15.8. The maximum absolute atomic E-state index is 6.13. The predicted octanol–water partition coefficient (Wildman–Crippen LogP) is 5.05. The van der Waals surface area contributed by atoms with Crippen molar-refractivity contribution in [3.63, 3.8) is 0 Å². The maximum atomic E-state index is 6.13. The van der Waals surface area contributed by atoms with Gasteiger partial charge in [-0.15, -0.1) is 0 Å². The number of benzene rings is 1. The van der Waals surface area contributed by atoms with Crippen molar-refractivity contribution in [3.05, 3.63) is 38.7 Å². The summed E-state index contributed by atoms with van der Waals surface area (Å²) in [5.41, 5.74) is 1.28. The fraction of sp³-hybridized carbons (Fsp3) is 0.467. The van der Waals surface area contributed by atoms with Gasteiger partial charge in [0, 0.05) is 10.2 Å². The van der Waals surface area contributed by atoms with Gasteiger partial charge in [0.15, 0.2) is 0 Å². The molecule has 0 N–H and O–H groups in total. The molecular weight excluding hydrogens is 370 g/mol. The number of rotatable bonds is 3. The first-order valence-electron chi connectivity index (χ1n) is 6.78. The Morgan fingerprint density at radius 1 is 1.29 bits per heavy atom. The second-order valence-corrected chi connectivity index (χ2v) is 7.72. The minimum absolute atomic E-state index is 0.350. The lowest BCUT2D eigenvalue weighted by atomic mass is 9.78. The SMILES string of the molecule is CC1(C)OB(C(=Cc2ccc(Br)c(Cl)c2)CS)OC1(C)C. The lowest BCUT2D eigenvalue weighted by molar-refractivity contribution is 0.00578. The van der Waals surface area contributed by atoms with Crippen molar-refractivity contribution >= 4 is 53.4 Å². The van der Waals surface area contributed by atoms with Gasteiger partial charge in [-0.3, -0.25) is 0 Å². The van der Waals surface area contributed by atoms with E-state index in [2.05, 4.69) is 28.6 Å². The Hall–Kier alpha value is 0.0649. The van der Waals surface area contributed by atoms with Crippen LogP contribution in [0.4, 0.5) is 0 Å². The molecule has 0 atom stereocenters. The first-order valence-corrected chi connectivity index (χ1v) is 8.58. The van der Waals surface area contributed by atoms with Gasteiger partial charge in [0.1, 0.15) is 0 Å². The monoisotopic (exact) mass is 388 g/mol. The van der Waals surface area contributed by atoms with Gasteiger partial charge in [0.05, 0.1) is 16.2 Å².